The Morgan fingerprint density at radius 1 is 0.909 bits per heavy atom. The van der Waals surface area contributed by atoms with Crippen LogP contribution < -0.4 is 5.32 Å². The summed E-state index contributed by atoms with van der Waals surface area (Å²) in [6, 6.07) is 16.5. The Morgan fingerprint density at radius 3 is 2.15 bits per heavy atom. The monoisotopic (exact) mass is 450 g/mol. The fourth-order valence-corrected chi connectivity index (χ4v) is 4.59. The summed E-state index contributed by atoms with van der Waals surface area (Å²) in [5, 5.41) is 11.7. The maximum Gasteiger partial charge on any atom is 0.407 e. The summed E-state index contributed by atoms with van der Waals surface area (Å²) in [6.07, 6.45) is 3.45. The highest BCUT2D eigenvalue weighted by atomic mass is 16.5. The fourth-order valence-electron chi connectivity index (χ4n) is 4.59. The maximum absolute atomic E-state index is 12.2. The second-order valence-electron chi connectivity index (χ2n) is 8.75. The number of nitrogens with zero attached hydrogens (tertiary/aromatic N) is 1. The number of benzene rings is 2. The topological polar surface area (TPSA) is 95.9 Å². The van der Waals surface area contributed by atoms with Gasteiger partial charge in [0.2, 0.25) is 5.91 Å². The number of nitrogens with one attached hydrogen (secondary N) is 1. The van der Waals surface area contributed by atoms with Gasteiger partial charge >= 0.3 is 12.1 Å². The first-order valence-corrected chi connectivity index (χ1v) is 11.6. The number of carboxylic acid groups (broad SMARTS) is 1. The highest BCUT2D eigenvalue weighted by Crippen LogP contribution is 2.44. The van der Waals surface area contributed by atoms with Crippen molar-refractivity contribution in [1.29, 1.82) is 0 Å². The minimum absolute atomic E-state index is 0.0317. The summed E-state index contributed by atoms with van der Waals surface area (Å²) < 4.78 is 5.53. The average Bonchev–Trinajstić information content (AvgIpc) is 3.09. The number of hydrogen-bond acceptors (Lipinski definition) is 4. The largest absolute Gasteiger partial charge is 0.481 e. The van der Waals surface area contributed by atoms with Gasteiger partial charge in [-0.3, -0.25) is 9.59 Å². The van der Waals surface area contributed by atoms with E-state index in [1.165, 1.54) is 22.3 Å². The van der Waals surface area contributed by atoms with Gasteiger partial charge in [-0.05, 0) is 35.1 Å². The van der Waals surface area contributed by atoms with Gasteiger partial charge in [0.1, 0.15) is 6.61 Å². The van der Waals surface area contributed by atoms with Gasteiger partial charge in [0.05, 0.1) is 5.92 Å². The molecule has 0 aromatic heterocycles. The van der Waals surface area contributed by atoms with Crippen LogP contribution in [0, 0.1) is 5.92 Å². The second kappa shape index (κ2) is 10.5. The number of fused-ring (bicyclic) bond motifs is 3. The van der Waals surface area contributed by atoms with Crippen LogP contribution in [0.1, 0.15) is 49.1 Å². The summed E-state index contributed by atoms with van der Waals surface area (Å²) in [5.74, 6) is -1.15. The van der Waals surface area contributed by atoms with E-state index in [-0.39, 0.29) is 11.8 Å². The van der Waals surface area contributed by atoms with Crippen molar-refractivity contribution in [3.8, 4) is 11.1 Å². The van der Waals surface area contributed by atoms with Crippen molar-refractivity contribution in [3.63, 3.8) is 0 Å². The zero-order valence-electron chi connectivity index (χ0n) is 18.7. The first-order chi connectivity index (χ1) is 16.0. The van der Waals surface area contributed by atoms with Crippen LogP contribution >= 0.6 is 0 Å². The minimum Gasteiger partial charge on any atom is -0.481 e. The van der Waals surface area contributed by atoms with Gasteiger partial charge in [0.15, 0.2) is 0 Å². The quantitative estimate of drug-likeness (QED) is 0.533. The Bertz CT molecular complexity index is 970. The Hall–Kier alpha value is -3.35. The first kappa shape index (κ1) is 22.8. The third-order valence-electron chi connectivity index (χ3n) is 6.51. The highest BCUT2D eigenvalue weighted by Gasteiger charge is 2.35. The highest BCUT2D eigenvalue weighted by molar-refractivity contribution is 5.81. The van der Waals surface area contributed by atoms with Crippen molar-refractivity contribution in [3.05, 3.63) is 59.7 Å². The molecular weight excluding hydrogens is 420 g/mol. The molecule has 2 aromatic carbocycles. The molecule has 2 amide bonds. The lowest BCUT2D eigenvalue weighted by Crippen LogP contribution is -2.52. The molecule has 1 heterocycles. The van der Waals surface area contributed by atoms with Crippen LogP contribution in [0.4, 0.5) is 4.79 Å². The molecule has 7 heteroatoms. The number of unbranched alkanes of at least 4 members (excludes halogenated alkanes) is 3. The van der Waals surface area contributed by atoms with Crippen LogP contribution in [-0.2, 0) is 14.3 Å². The molecule has 0 saturated carbocycles. The lowest BCUT2D eigenvalue weighted by atomic mass is 9.98. The van der Waals surface area contributed by atoms with Crippen molar-refractivity contribution < 1.29 is 24.2 Å². The zero-order chi connectivity index (χ0) is 23.2. The molecule has 1 aliphatic carbocycles. The van der Waals surface area contributed by atoms with E-state index in [1.807, 2.05) is 24.3 Å². The van der Waals surface area contributed by atoms with E-state index in [2.05, 4.69) is 29.6 Å². The number of carbonyl (C=O) groups excluding carboxylic acids is 2. The fraction of sp³-hybridized carbons (Fsp3) is 0.423. The standard InChI is InChI=1S/C26H30N2O5/c29-24(28-15-18(16-28)25(30)31)13-3-1-2-8-14-27-26(32)33-17-23-21-11-6-4-9-19(21)20-10-5-7-12-22(20)23/h4-7,9-12,18,23H,1-3,8,13-17H2,(H,27,32)(H,30,31). The Labute approximate surface area is 193 Å². The molecule has 7 nitrogen and oxygen atoms in total. The van der Waals surface area contributed by atoms with Crippen LogP contribution in [0.5, 0.6) is 0 Å². The molecule has 1 fully saturated rings. The molecule has 0 radical (unpaired) electrons. The van der Waals surface area contributed by atoms with Crippen LogP contribution in [0.3, 0.4) is 0 Å². The molecule has 0 spiro atoms. The van der Waals surface area contributed by atoms with E-state index in [1.54, 1.807) is 4.90 Å². The number of amides is 2. The molecule has 1 aliphatic heterocycles. The molecule has 33 heavy (non-hydrogen) atoms. The molecule has 0 unspecified atom stereocenters. The number of carboxylic acids is 1. The number of aliphatic carboxylic acids is 1. The third-order valence-corrected chi connectivity index (χ3v) is 6.51. The average molecular weight is 451 g/mol. The van der Waals surface area contributed by atoms with E-state index in [4.69, 9.17) is 9.84 Å². The number of ether oxygens (including phenoxy) is 1. The maximum atomic E-state index is 12.2. The number of alkyl carbamates (subject to hydrolysis) is 1. The SMILES string of the molecule is O=C(NCCCCCCC(=O)N1CC(C(=O)O)C1)OCC1c2ccccc2-c2ccccc21. The van der Waals surface area contributed by atoms with E-state index in [9.17, 15) is 14.4 Å². The Kier molecular flexibility index (Phi) is 7.27. The van der Waals surface area contributed by atoms with Gasteiger partial charge in [0.25, 0.3) is 0 Å². The van der Waals surface area contributed by atoms with Gasteiger partial charge in [-0.15, -0.1) is 0 Å². The molecule has 2 aromatic rings. The normalized spacial score (nSPS) is 14.8. The summed E-state index contributed by atoms with van der Waals surface area (Å²) in [4.78, 5) is 36.5. The molecule has 2 N–H and O–H groups in total. The second-order valence-corrected chi connectivity index (χ2v) is 8.75. The van der Waals surface area contributed by atoms with Crippen LogP contribution in [0.15, 0.2) is 48.5 Å². The molecular formula is C26H30N2O5. The predicted octanol–water partition coefficient (Wildman–Crippen LogP) is 4.02. The van der Waals surface area contributed by atoms with Gasteiger partial charge in [0, 0.05) is 32.0 Å². The van der Waals surface area contributed by atoms with Gasteiger partial charge in [-0.2, -0.15) is 0 Å². The lowest BCUT2D eigenvalue weighted by molar-refractivity contribution is -0.152. The van der Waals surface area contributed by atoms with Gasteiger partial charge in [-0.1, -0.05) is 61.4 Å². The summed E-state index contributed by atoms with van der Waals surface area (Å²) in [5.41, 5.74) is 4.79. The molecule has 0 atom stereocenters. The summed E-state index contributed by atoms with van der Waals surface area (Å²) in [6.45, 7) is 1.51. The Morgan fingerprint density at radius 2 is 1.52 bits per heavy atom. The van der Waals surface area contributed by atoms with Crippen LogP contribution in [0.25, 0.3) is 11.1 Å². The first-order valence-electron chi connectivity index (χ1n) is 11.6. The molecule has 0 bridgehead atoms. The van der Waals surface area contributed by atoms with E-state index in [0.29, 0.717) is 32.7 Å². The van der Waals surface area contributed by atoms with Crippen LogP contribution in [-0.4, -0.2) is 54.2 Å². The van der Waals surface area contributed by atoms with Crippen molar-refractivity contribution in [2.75, 3.05) is 26.2 Å². The Balaban J connectivity index is 1.09. The van der Waals surface area contributed by atoms with Gasteiger partial charge in [-0.25, -0.2) is 4.79 Å². The lowest BCUT2D eigenvalue weighted by Gasteiger charge is -2.36. The predicted molar refractivity (Wildman–Crippen MR) is 124 cm³/mol. The summed E-state index contributed by atoms with van der Waals surface area (Å²) >= 11 is 0. The third kappa shape index (κ3) is 5.35. The summed E-state index contributed by atoms with van der Waals surface area (Å²) in [7, 11) is 0. The van der Waals surface area contributed by atoms with Crippen molar-refractivity contribution in [1.82, 2.24) is 10.2 Å². The number of rotatable bonds is 10. The van der Waals surface area contributed by atoms with Gasteiger partial charge < -0.3 is 20.1 Å². The van der Waals surface area contributed by atoms with Crippen molar-refractivity contribution in [2.45, 2.75) is 38.0 Å². The number of likely N-dealkylation sites (tertiary alicyclic amines) is 1. The van der Waals surface area contributed by atoms with Crippen molar-refractivity contribution >= 4 is 18.0 Å². The minimum atomic E-state index is -0.831. The smallest absolute Gasteiger partial charge is 0.407 e. The number of carbonyl (C=O) groups is 3. The molecule has 4 rings (SSSR count). The van der Waals surface area contributed by atoms with Crippen molar-refractivity contribution in [2.24, 2.45) is 5.92 Å². The molecule has 2 aliphatic rings. The van der Waals surface area contributed by atoms with E-state index < -0.39 is 18.0 Å². The molecule has 1 saturated heterocycles. The van der Waals surface area contributed by atoms with E-state index in [0.717, 1.165) is 25.7 Å². The van der Waals surface area contributed by atoms with Crippen LogP contribution in [0.2, 0.25) is 0 Å². The van der Waals surface area contributed by atoms with E-state index >= 15 is 0 Å². The molecule has 174 valence electrons. The number of hydrogen-bond donors (Lipinski definition) is 2. The zero-order valence-corrected chi connectivity index (χ0v) is 18.7.